The first kappa shape index (κ1) is 18.8. The number of imidazole rings is 1. The molecule has 142 valence electrons. The standard InChI is InChI=1S/C21H25N3O3/c1-4-27-19-11-10-16(14-20(19)26-3)21(25)22-12-7-13-24-15(2)23-17-8-5-6-9-18(17)24/h5-6,8-11,14H,4,7,12-13H2,1-3H3,(H,22,25). The van der Waals surface area contributed by atoms with Gasteiger partial charge in [-0.25, -0.2) is 4.98 Å². The van der Waals surface area contributed by atoms with Crippen LogP contribution < -0.4 is 14.8 Å². The Morgan fingerprint density at radius 3 is 2.78 bits per heavy atom. The van der Waals surface area contributed by atoms with Crippen molar-refractivity contribution in [3.8, 4) is 11.5 Å². The van der Waals surface area contributed by atoms with Crippen molar-refractivity contribution in [3.63, 3.8) is 0 Å². The highest BCUT2D eigenvalue weighted by atomic mass is 16.5. The summed E-state index contributed by atoms with van der Waals surface area (Å²) in [6.45, 7) is 5.85. The molecule has 3 aromatic rings. The first-order chi connectivity index (χ1) is 13.1. The van der Waals surface area contributed by atoms with Crippen LogP contribution in [0.5, 0.6) is 11.5 Å². The third-order valence-corrected chi connectivity index (χ3v) is 4.42. The van der Waals surface area contributed by atoms with Gasteiger partial charge < -0.3 is 19.4 Å². The number of benzene rings is 2. The maximum absolute atomic E-state index is 12.4. The van der Waals surface area contributed by atoms with Gasteiger partial charge in [0, 0.05) is 18.7 Å². The third kappa shape index (κ3) is 4.22. The fourth-order valence-electron chi connectivity index (χ4n) is 3.10. The van der Waals surface area contributed by atoms with Crippen LogP contribution >= 0.6 is 0 Å². The predicted octanol–water partition coefficient (Wildman–Crippen LogP) is 3.57. The average molecular weight is 367 g/mol. The molecule has 0 unspecified atom stereocenters. The molecule has 27 heavy (non-hydrogen) atoms. The molecule has 3 rings (SSSR count). The van der Waals surface area contributed by atoms with Gasteiger partial charge >= 0.3 is 0 Å². The quantitative estimate of drug-likeness (QED) is 0.618. The summed E-state index contributed by atoms with van der Waals surface area (Å²) in [6, 6.07) is 13.3. The van der Waals surface area contributed by atoms with Gasteiger partial charge in [0.15, 0.2) is 11.5 Å². The second kappa shape index (κ2) is 8.58. The van der Waals surface area contributed by atoms with Crippen LogP contribution in [-0.4, -0.2) is 35.7 Å². The van der Waals surface area contributed by atoms with Crippen molar-refractivity contribution >= 4 is 16.9 Å². The summed E-state index contributed by atoms with van der Waals surface area (Å²) in [6.07, 6.45) is 0.821. The van der Waals surface area contributed by atoms with E-state index in [2.05, 4.69) is 20.9 Å². The van der Waals surface area contributed by atoms with Gasteiger partial charge in [-0.15, -0.1) is 0 Å². The number of carbonyl (C=O) groups excluding carboxylic acids is 1. The summed E-state index contributed by atoms with van der Waals surface area (Å²) in [5, 5.41) is 2.96. The number of aryl methyl sites for hydroxylation is 2. The molecule has 1 N–H and O–H groups in total. The molecule has 0 aliphatic carbocycles. The molecular weight excluding hydrogens is 342 g/mol. The van der Waals surface area contributed by atoms with E-state index in [1.165, 1.54) is 0 Å². The summed E-state index contributed by atoms with van der Waals surface area (Å²) in [4.78, 5) is 17.0. The molecule has 0 saturated heterocycles. The second-order valence-corrected chi connectivity index (χ2v) is 6.21. The minimum absolute atomic E-state index is 0.122. The van der Waals surface area contributed by atoms with Gasteiger partial charge in [-0.3, -0.25) is 4.79 Å². The summed E-state index contributed by atoms with van der Waals surface area (Å²) >= 11 is 0. The lowest BCUT2D eigenvalue weighted by atomic mass is 10.2. The molecule has 0 spiro atoms. The average Bonchev–Trinajstić information content (AvgIpc) is 3.00. The molecule has 0 bridgehead atoms. The molecule has 0 atom stereocenters. The number of hydrogen-bond acceptors (Lipinski definition) is 4. The van der Waals surface area contributed by atoms with Crippen molar-refractivity contribution in [1.82, 2.24) is 14.9 Å². The van der Waals surface area contributed by atoms with Crippen LogP contribution in [0.25, 0.3) is 11.0 Å². The minimum atomic E-state index is -0.122. The monoisotopic (exact) mass is 367 g/mol. The lowest BCUT2D eigenvalue weighted by Gasteiger charge is -2.11. The van der Waals surface area contributed by atoms with Gasteiger partial charge in [-0.2, -0.15) is 0 Å². The van der Waals surface area contributed by atoms with E-state index in [1.807, 2.05) is 32.0 Å². The zero-order valence-electron chi connectivity index (χ0n) is 16.0. The molecule has 0 fully saturated rings. The number of fused-ring (bicyclic) bond motifs is 1. The fraction of sp³-hybridized carbons (Fsp3) is 0.333. The van der Waals surface area contributed by atoms with Crippen LogP contribution in [0.4, 0.5) is 0 Å². The van der Waals surface area contributed by atoms with Crippen LogP contribution in [-0.2, 0) is 6.54 Å². The Hall–Kier alpha value is -3.02. The summed E-state index contributed by atoms with van der Waals surface area (Å²) in [5.41, 5.74) is 2.68. The minimum Gasteiger partial charge on any atom is -0.493 e. The smallest absolute Gasteiger partial charge is 0.251 e. The Kier molecular flexibility index (Phi) is 5.96. The molecule has 1 heterocycles. The van der Waals surface area contributed by atoms with Crippen molar-refractivity contribution in [3.05, 3.63) is 53.9 Å². The molecule has 0 radical (unpaired) electrons. The summed E-state index contributed by atoms with van der Waals surface area (Å²) in [7, 11) is 1.57. The van der Waals surface area contributed by atoms with E-state index >= 15 is 0 Å². The molecule has 0 aliphatic rings. The maximum Gasteiger partial charge on any atom is 0.251 e. The number of nitrogens with zero attached hydrogens (tertiary/aromatic N) is 2. The van der Waals surface area contributed by atoms with E-state index in [1.54, 1.807) is 25.3 Å². The molecule has 1 amide bonds. The van der Waals surface area contributed by atoms with Crippen LogP contribution in [0, 0.1) is 6.92 Å². The molecule has 0 aliphatic heterocycles. The predicted molar refractivity (Wildman–Crippen MR) is 106 cm³/mol. The fourth-order valence-corrected chi connectivity index (χ4v) is 3.10. The summed E-state index contributed by atoms with van der Waals surface area (Å²) in [5.74, 6) is 2.06. The third-order valence-electron chi connectivity index (χ3n) is 4.42. The molecule has 6 heteroatoms. The first-order valence-corrected chi connectivity index (χ1v) is 9.15. The SMILES string of the molecule is CCOc1ccc(C(=O)NCCCn2c(C)nc3ccccc32)cc1OC. The number of rotatable bonds is 8. The highest BCUT2D eigenvalue weighted by Gasteiger charge is 2.11. The number of carbonyl (C=O) groups is 1. The summed E-state index contributed by atoms with van der Waals surface area (Å²) < 4.78 is 13.0. The highest BCUT2D eigenvalue weighted by Crippen LogP contribution is 2.28. The number of hydrogen-bond donors (Lipinski definition) is 1. The van der Waals surface area contributed by atoms with Crippen molar-refractivity contribution in [2.24, 2.45) is 0 Å². The lowest BCUT2D eigenvalue weighted by Crippen LogP contribution is -2.25. The molecular formula is C21H25N3O3. The van der Waals surface area contributed by atoms with Crippen molar-refractivity contribution < 1.29 is 14.3 Å². The maximum atomic E-state index is 12.4. The van der Waals surface area contributed by atoms with Gasteiger partial charge in [0.1, 0.15) is 5.82 Å². The van der Waals surface area contributed by atoms with Crippen molar-refractivity contribution in [1.29, 1.82) is 0 Å². The van der Waals surface area contributed by atoms with E-state index in [0.717, 1.165) is 29.8 Å². The highest BCUT2D eigenvalue weighted by molar-refractivity contribution is 5.94. The van der Waals surface area contributed by atoms with E-state index in [4.69, 9.17) is 9.47 Å². The largest absolute Gasteiger partial charge is 0.493 e. The van der Waals surface area contributed by atoms with Crippen molar-refractivity contribution in [2.75, 3.05) is 20.3 Å². The zero-order valence-corrected chi connectivity index (χ0v) is 16.0. The van der Waals surface area contributed by atoms with Crippen LogP contribution in [0.3, 0.4) is 0 Å². The second-order valence-electron chi connectivity index (χ2n) is 6.21. The van der Waals surface area contributed by atoms with Gasteiger partial charge in [0.2, 0.25) is 0 Å². The molecule has 0 saturated carbocycles. The van der Waals surface area contributed by atoms with Crippen LogP contribution in [0.1, 0.15) is 29.5 Å². The lowest BCUT2D eigenvalue weighted by molar-refractivity contribution is 0.0952. The number of ether oxygens (including phenoxy) is 2. The Labute approximate surface area is 159 Å². The van der Waals surface area contributed by atoms with Crippen molar-refractivity contribution in [2.45, 2.75) is 26.8 Å². The Morgan fingerprint density at radius 2 is 2.00 bits per heavy atom. The topological polar surface area (TPSA) is 65.4 Å². The number of nitrogens with one attached hydrogen (secondary N) is 1. The normalized spacial score (nSPS) is 10.8. The Bertz CT molecular complexity index is 934. The van der Waals surface area contributed by atoms with E-state index in [-0.39, 0.29) is 5.91 Å². The van der Waals surface area contributed by atoms with E-state index in [9.17, 15) is 4.79 Å². The molecule has 2 aromatic carbocycles. The van der Waals surface area contributed by atoms with Gasteiger partial charge in [0.05, 0.1) is 24.8 Å². The number of aromatic nitrogens is 2. The van der Waals surface area contributed by atoms with Crippen LogP contribution in [0.15, 0.2) is 42.5 Å². The van der Waals surface area contributed by atoms with Crippen LogP contribution in [0.2, 0.25) is 0 Å². The van der Waals surface area contributed by atoms with E-state index in [0.29, 0.717) is 30.2 Å². The first-order valence-electron chi connectivity index (χ1n) is 9.15. The van der Waals surface area contributed by atoms with Gasteiger partial charge in [-0.05, 0) is 50.6 Å². The number of amides is 1. The Morgan fingerprint density at radius 1 is 1.19 bits per heavy atom. The number of para-hydroxylation sites is 2. The number of methoxy groups -OCH3 is 1. The van der Waals surface area contributed by atoms with E-state index < -0.39 is 0 Å². The molecule has 1 aromatic heterocycles. The van der Waals surface area contributed by atoms with Gasteiger partial charge in [0.25, 0.3) is 5.91 Å². The zero-order chi connectivity index (χ0) is 19.2. The van der Waals surface area contributed by atoms with Gasteiger partial charge in [-0.1, -0.05) is 12.1 Å². The molecule has 6 nitrogen and oxygen atoms in total. The Balaban J connectivity index is 1.57.